The number of benzene rings is 1. The number of unbranched alkanes of at least 4 members (excludes halogenated alkanes) is 2. The molecule has 0 bridgehead atoms. The van der Waals surface area contributed by atoms with Gasteiger partial charge in [-0.2, -0.15) is 0 Å². The van der Waals surface area contributed by atoms with Gasteiger partial charge in [-0.1, -0.05) is 43.2 Å². The number of nitrogens with zero attached hydrogens (tertiary/aromatic N) is 2. The van der Waals surface area contributed by atoms with Crippen LogP contribution >= 0.6 is 11.3 Å². The van der Waals surface area contributed by atoms with Crippen molar-refractivity contribution in [2.45, 2.75) is 39.5 Å². The predicted octanol–water partition coefficient (Wildman–Crippen LogP) is 3.49. The van der Waals surface area contributed by atoms with Crippen LogP contribution in [0.1, 0.15) is 48.5 Å². The van der Waals surface area contributed by atoms with Crippen molar-refractivity contribution < 1.29 is 14.3 Å². The molecule has 0 aliphatic carbocycles. The third kappa shape index (κ3) is 5.73. The van der Waals surface area contributed by atoms with Gasteiger partial charge in [0, 0.05) is 12.0 Å². The molecular formula is C17H21N3O3S. The van der Waals surface area contributed by atoms with Crippen LogP contribution in [-0.4, -0.2) is 28.5 Å². The van der Waals surface area contributed by atoms with Gasteiger partial charge in [0.25, 0.3) is 5.91 Å². The molecule has 2 rings (SSSR count). The van der Waals surface area contributed by atoms with Crippen molar-refractivity contribution in [3.05, 3.63) is 34.8 Å². The first-order valence-electron chi connectivity index (χ1n) is 7.94. The first-order chi connectivity index (χ1) is 11.6. The number of rotatable bonds is 9. The summed E-state index contributed by atoms with van der Waals surface area (Å²) in [6.45, 7) is 3.49. The van der Waals surface area contributed by atoms with Crippen LogP contribution in [0, 0.1) is 0 Å². The second-order valence-corrected chi connectivity index (χ2v) is 6.44. The quantitative estimate of drug-likeness (QED) is 0.555. The van der Waals surface area contributed by atoms with Crippen LogP contribution < -0.4 is 10.1 Å². The average Bonchev–Trinajstić information content (AvgIpc) is 3.01. The second kappa shape index (κ2) is 9.12. The third-order valence-electron chi connectivity index (χ3n) is 3.32. The fourth-order valence-electron chi connectivity index (χ4n) is 2.04. The molecule has 2 aromatic rings. The number of carbonyl (C=O) groups is 2. The molecule has 0 aliphatic heterocycles. The number of anilines is 1. The summed E-state index contributed by atoms with van der Waals surface area (Å²) in [5.41, 5.74) is 0.550. The van der Waals surface area contributed by atoms with E-state index in [2.05, 4.69) is 22.4 Å². The molecule has 0 unspecified atom stereocenters. The summed E-state index contributed by atoms with van der Waals surface area (Å²) in [6.07, 6.45) is 4.28. The van der Waals surface area contributed by atoms with Crippen molar-refractivity contribution in [2.75, 3.05) is 11.9 Å². The first kappa shape index (κ1) is 18.1. The monoisotopic (exact) mass is 347 g/mol. The molecule has 0 atom stereocenters. The van der Waals surface area contributed by atoms with Crippen LogP contribution in [0.2, 0.25) is 0 Å². The Labute approximate surface area is 145 Å². The van der Waals surface area contributed by atoms with Crippen molar-refractivity contribution in [1.29, 1.82) is 0 Å². The third-order valence-corrected chi connectivity index (χ3v) is 4.22. The Morgan fingerprint density at radius 2 is 2.08 bits per heavy atom. The summed E-state index contributed by atoms with van der Waals surface area (Å²) in [5, 5.41) is 12.1. The largest absolute Gasteiger partial charge is 0.484 e. The lowest BCUT2D eigenvalue weighted by atomic mass is 10.1. The zero-order valence-electron chi connectivity index (χ0n) is 13.9. The van der Waals surface area contributed by atoms with Crippen LogP contribution in [-0.2, 0) is 11.2 Å². The number of aryl methyl sites for hydroxylation is 1. The van der Waals surface area contributed by atoms with E-state index >= 15 is 0 Å². The first-order valence-corrected chi connectivity index (χ1v) is 8.76. The molecule has 0 spiro atoms. The molecule has 0 saturated carbocycles. The number of carbonyl (C=O) groups excluding carboxylic acids is 2. The highest BCUT2D eigenvalue weighted by atomic mass is 32.1. The van der Waals surface area contributed by atoms with E-state index in [1.807, 2.05) is 0 Å². The van der Waals surface area contributed by atoms with E-state index in [4.69, 9.17) is 4.74 Å². The molecule has 1 aromatic carbocycles. The van der Waals surface area contributed by atoms with Crippen molar-refractivity contribution in [3.8, 4) is 5.75 Å². The van der Waals surface area contributed by atoms with E-state index in [0.29, 0.717) is 16.4 Å². The number of hydrogen-bond donors (Lipinski definition) is 1. The normalized spacial score (nSPS) is 10.4. The Balaban J connectivity index is 1.81. The summed E-state index contributed by atoms with van der Waals surface area (Å²) in [7, 11) is 0. The lowest BCUT2D eigenvalue weighted by Gasteiger charge is -2.06. The van der Waals surface area contributed by atoms with E-state index in [9.17, 15) is 9.59 Å². The summed E-state index contributed by atoms with van der Waals surface area (Å²) in [5.74, 6) is 0.129. The molecule has 128 valence electrons. The maximum absolute atomic E-state index is 11.9. The van der Waals surface area contributed by atoms with Gasteiger partial charge in [-0.3, -0.25) is 14.9 Å². The van der Waals surface area contributed by atoms with Crippen molar-refractivity contribution in [3.63, 3.8) is 0 Å². The predicted molar refractivity (Wildman–Crippen MR) is 93.7 cm³/mol. The highest BCUT2D eigenvalue weighted by molar-refractivity contribution is 7.15. The Morgan fingerprint density at radius 3 is 2.83 bits per heavy atom. The zero-order valence-corrected chi connectivity index (χ0v) is 14.7. The number of hydrogen-bond acceptors (Lipinski definition) is 6. The van der Waals surface area contributed by atoms with Crippen molar-refractivity contribution in [2.24, 2.45) is 0 Å². The molecule has 24 heavy (non-hydrogen) atoms. The molecule has 0 radical (unpaired) electrons. The second-order valence-electron chi connectivity index (χ2n) is 5.38. The smallest absolute Gasteiger partial charge is 0.264 e. The molecule has 7 heteroatoms. The Bertz CT molecular complexity index is 700. The van der Waals surface area contributed by atoms with Gasteiger partial charge in [-0.25, -0.2) is 0 Å². The molecule has 0 saturated heterocycles. The van der Waals surface area contributed by atoms with Crippen molar-refractivity contribution >= 4 is 28.2 Å². The number of ether oxygens (including phenoxy) is 1. The topological polar surface area (TPSA) is 81.2 Å². The molecule has 1 N–H and O–H groups in total. The van der Waals surface area contributed by atoms with Gasteiger partial charge in [-0.15, -0.1) is 10.2 Å². The van der Waals surface area contributed by atoms with Gasteiger partial charge in [0.2, 0.25) is 5.13 Å². The van der Waals surface area contributed by atoms with Gasteiger partial charge in [0.05, 0.1) is 0 Å². The maximum Gasteiger partial charge on any atom is 0.264 e. The zero-order chi connectivity index (χ0) is 17.4. The van der Waals surface area contributed by atoms with Crippen LogP contribution in [0.3, 0.4) is 0 Å². The molecule has 0 fully saturated rings. The molecule has 0 aliphatic rings. The minimum Gasteiger partial charge on any atom is -0.484 e. The lowest BCUT2D eigenvalue weighted by molar-refractivity contribution is -0.118. The van der Waals surface area contributed by atoms with Crippen LogP contribution in [0.25, 0.3) is 0 Å². The number of nitrogens with one attached hydrogen (secondary N) is 1. The molecule has 1 aromatic heterocycles. The number of Topliss-reactive ketones (excluding diaryl/α,β-unsaturated/α-hetero) is 1. The fraction of sp³-hybridized carbons (Fsp3) is 0.412. The highest BCUT2D eigenvalue weighted by Crippen LogP contribution is 2.18. The van der Waals surface area contributed by atoms with E-state index in [-0.39, 0.29) is 18.3 Å². The minimum atomic E-state index is -0.306. The summed E-state index contributed by atoms with van der Waals surface area (Å²) < 4.78 is 5.41. The average molecular weight is 347 g/mol. The van der Waals surface area contributed by atoms with Crippen LogP contribution in [0.5, 0.6) is 5.75 Å². The summed E-state index contributed by atoms with van der Waals surface area (Å²) >= 11 is 1.39. The van der Waals surface area contributed by atoms with Crippen LogP contribution in [0.4, 0.5) is 5.13 Å². The van der Waals surface area contributed by atoms with Gasteiger partial charge in [0.1, 0.15) is 10.8 Å². The maximum atomic E-state index is 11.9. The summed E-state index contributed by atoms with van der Waals surface area (Å²) in [6, 6.07) is 6.75. The standard InChI is InChI=1S/C17H21N3O3S/c1-3-4-5-9-16-19-20-17(24-16)18-15(22)11-23-14-8-6-7-13(10-14)12(2)21/h6-8,10H,3-5,9,11H2,1-2H3,(H,18,20,22). The Hall–Kier alpha value is -2.28. The van der Waals surface area contributed by atoms with Gasteiger partial charge < -0.3 is 4.74 Å². The lowest BCUT2D eigenvalue weighted by Crippen LogP contribution is -2.20. The van der Waals surface area contributed by atoms with E-state index in [0.717, 1.165) is 30.7 Å². The molecular weight excluding hydrogens is 326 g/mol. The summed E-state index contributed by atoms with van der Waals surface area (Å²) in [4.78, 5) is 23.2. The van der Waals surface area contributed by atoms with Gasteiger partial charge in [-0.05, 0) is 25.5 Å². The SMILES string of the molecule is CCCCCc1nnc(NC(=O)COc2cccc(C(C)=O)c2)s1. The molecule has 6 nitrogen and oxygen atoms in total. The van der Waals surface area contributed by atoms with Gasteiger partial charge >= 0.3 is 0 Å². The Kier molecular flexibility index (Phi) is 6.87. The van der Waals surface area contributed by atoms with E-state index in [1.165, 1.54) is 18.3 Å². The minimum absolute atomic E-state index is 0.0469. The molecule has 1 heterocycles. The van der Waals surface area contributed by atoms with Crippen LogP contribution in [0.15, 0.2) is 24.3 Å². The molecule has 1 amide bonds. The van der Waals surface area contributed by atoms with E-state index in [1.54, 1.807) is 24.3 Å². The fourth-order valence-corrected chi connectivity index (χ4v) is 2.84. The number of aromatic nitrogens is 2. The van der Waals surface area contributed by atoms with Crippen molar-refractivity contribution in [1.82, 2.24) is 10.2 Å². The Morgan fingerprint density at radius 1 is 1.25 bits per heavy atom. The number of amides is 1. The van der Waals surface area contributed by atoms with Gasteiger partial charge in [0.15, 0.2) is 12.4 Å². The highest BCUT2D eigenvalue weighted by Gasteiger charge is 2.09. The number of ketones is 1. The van der Waals surface area contributed by atoms with E-state index < -0.39 is 0 Å².